The van der Waals surface area contributed by atoms with E-state index in [1.165, 1.54) is 5.56 Å². The molecule has 186 valence electrons. The highest BCUT2D eigenvalue weighted by Gasteiger charge is 2.25. The zero-order valence-electron chi connectivity index (χ0n) is 21.7. The van der Waals surface area contributed by atoms with Crippen LogP contribution in [0.3, 0.4) is 0 Å². The average molecular weight is 474 g/mol. The van der Waals surface area contributed by atoms with Gasteiger partial charge < -0.3 is 14.8 Å². The number of amides is 1. The van der Waals surface area contributed by atoms with Gasteiger partial charge in [-0.2, -0.15) is 0 Å². The van der Waals surface area contributed by atoms with E-state index in [0.29, 0.717) is 13.0 Å². The number of carbonyl (C=O) groups is 1. The van der Waals surface area contributed by atoms with Crippen molar-refractivity contribution in [2.45, 2.75) is 64.4 Å². The molecule has 3 aromatic carbocycles. The topological polar surface area (TPSA) is 47.6 Å². The monoisotopic (exact) mass is 473 g/mol. The molecule has 0 fully saturated rings. The number of methoxy groups -OCH3 is 1. The number of hydrogen-bond donors (Lipinski definition) is 1. The summed E-state index contributed by atoms with van der Waals surface area (Å²) in [6.45, 7) is 9.14. The van der Waals surface area contributed by atoms with Crippen LogP contribution in [0.4, 0.5) is 0 Å². The Morgan fingerprint density at radius 1 is 0.943 bits per heavy atom. The molecule has 0 aliphatic heterocycles. The average Bonchev–Trinajstić information content (AvgIpc) is 2.88. The minimum atomic E-state index is -0.120. The van der Waals surface area contributed by atoms with Crippen molar-refractivity contribution in [1.82, 2.24) is 5.32 Å². The van der Waals surface area contributed by atoms with Crippen molar-refractivity contribution in [3.8, 4) is 11.5 Å². The van der Waals surface area contributed by atoms with E-state index in [-0.39, 0.29) is 23.3 Å². The fraction of sp³-hybridized carbons (Fsp3) is 0.387. The van der Waals surface area contributed by atoms with Crippen molar-refractivity contribution in [1.29, 1.82) is 0 Å². The summed E-state index contributed by atoms with van der Waals surface area (Å²) in [6.07, 6.45) is 2.36. The minimum absolute atomic E-state index is 0.0306. The van der Waals surface area contributed by atoms with E-state index in [4.69, 9.17) is 9.47 Å². The molecule has 2 atom stereocenters. The molecule has 3 aromatic rings. The Labute approximate surface area is 210 Å². The third kappa shape index (κ3) is 7.11. The Kier molecular flexibility index (Phi) is 9.36. The van der Waals surface area contributed by atoms with Crippen LogP contribution in [0.1, 0.15) is 69.6 Å². The molecule has 0 saturated carbocycles. The number of carbonyl (C=O) groups excluding carboxylic acids is 1. The summed E-state index contributed by atoms with van der Waals surface area (Å²) in [5.41, 5.74) is 3.41. The van der Waals surface area contributed by atoms with Crippen molar-refractivity contribution in [2.24, 2.45) is 0 Å². The lowest BCUT2D eigenvalue weighted by molar-refractivity contribution is -0.121. The van der Waals surface area contributed by atoms with Crippen LogP contribution in [-0.2, 0) is 10.2 Å². The first-order valence-corrected chi connectivity index (χ1v) is 12.6. The van der Waals surface area contributed by atoms with Crippen LogP contribution >= 0.6 is 0 Å². The second-order valence-corrected chi connectivity index (χ2v) is 9.61. The Morgan fingerprint density at radius 2 is 1.60 bits per heavy atom. The molecule has 0 aromatic heterocycles. The van der Waals surface area contributed by atoms with Crippen LogP contribution < -0.4 is 14.8 Å². The van der Waals surface area contributed by atoms with Crippen molar-refractivity contribution in [3.05, 3.63) is 95.6 Å². The summed E-state index contributed by atoms with van der Waals surface area (Å²) in [6, 6.07) is 26.5. The van der Waals surface area contributed by atoms with E-state index >= 15 is 0 Å². The van der Waals surface area contributed by atoms with Crippen molar-refractivity contribution in [3.63, 3.8) is 0 Å². The van der Waals surface area contributed by atoms with Crippen molar-refractivity contribution >= 4 is 5.91 Å². The predicted octanol–water partition coefficient (Wildman–Crippen LogP) is 6.88. The lowest BCUT2D eigenvalue weighted by Crippen LogP contribution is -2.32. The van der Waals surface area contributed by atoms with Crippen molar-refractivity contribution in [2.75, 3.05) is 13.7 Å². The van der Waals surface area contributed by atoms with E-state index in [0.717, 1.165) is 35.5 Å². The normalized spacial score (nSPS) is 13.7. The molecule has 0 saturated heterocycles. The molecule has 1 N–H and O–H groups in total. The van der Waals surface area contributed by atoms with Crippen LogP contribution in [0, 0.1) is 0 Å². The predicted molar refractivity (Wildman–Crippen MR) is 143 cm³/mol. The van der Waals surface area contributed by atoms with Crippen LogP contribution in [0.2, 0.25) is 0 Å². The Balaban J connectivity index is 1.74. The second-order valence-electron chi connectivity index (χ2n) is 9.61. The Hall–Kier alpha value is -3.27. The van der Waals surface area contributed by atoms with E-state index in [2.05, 4.69) is 43.4 Å². The summed E-state index contributed by atoms with van der Waals surface area (Å²) in [4.78, 5) is 13.1. The SMILES string of the molecule is CC[C@@](C)(CCNC(=O)C[C@@H](c1ccc(OC(C)C)cc1)c1ccccc1OC)c1ccccc1. The van der Waals surface area contributed by atoms with Gasteiger partial charge in [0.1, 0.15) is 11.5 Å². The quantitative estimate of drug-likeness (QED) is 0.312. The van der Waals surface area contributed by atoms with E-state index in [1.807, 2.05) is 68.4 Å². The third-order valence-corrected chi connectivity index (χ3v) is 6.81. The van der Waals surface area contributed by atoms with Gasteiger partial charge in [-0.1, -0.05) is 74.5 Å². The van der Waals surface area contributed by atoms with Gasteiger partial charge >= 0.3 is 0 Å². The minimum Gasteiger partial charge on any atom is -0.496 e. The van der Waals surface area contributed by atoms with Gasteiger partial charge in [-0.25, -0.2) is 0 Å². The molecule has 4 nitrogen and oxygen atoms in total. The van der Waals surface area contributed by atoms with Crippen molar-refractivity contribution < 1.29 is 14.3 Å². The number of benzene rings is 3. The first kappa shape index (κ1) is 26.3. The molecule has 3 rings (SSSR count). The Bertz CT molecular complexity index is 1060. The standard InChI is InChI=1S/C31H39NO3/c1-6-31(4,25-12-8-7-9-13-25)20-21-32-30(33)22-28(27-14-10-11-15-29(27)34-5)24-16-18-26(19-17-24)35-23(2)3/h7-19,23,28H,6,20-22H2,1-5H3,(H,32,33)/t28-,31-/m0/s1. The van der Waals surface area contributed by atoms with Gasteiger partial charge in [0.05, 0.1) is 13.2 Å². The van der Waals surface area contributed by atoms with E-state index in [9.17, 15) is 4.79 Å². The maximum absolute atomic E-state index is 13.1. The highest BCUT2D eigenvalue weighted by atomic mass is 16.5. The zero-order chi connectivity index (χ0) is 25.3. The van der Waals surface area contributed by atoms with Crippen LogP contribution in [-0.4, -0.2) is 25.7 Å². The molecular formula is C31H39NO3. The maximum atomic E-state index is 13.1. The summed E-state index contributed by atoms with van der Waals surface area (Å²) < 4.78 is 11.4. The van der Waals surface area contributed by atoms with E-state index < -0.39 is 0 Å². The first-order chi connectivity index (χ1) is 16.9. The van der Waals surface area contributed by atoms with Gasteiger partial charge in [0.2, 0.25) is 5.91 Å². The molecule has 0 spiro atoms. The molecule has 0 aliphatic carbocycles. The third-order valence-electron chi connectivity index (χ3n) is 6.81. The number of ether oxygens (including phenoxy) is 2. The van der Waals surface area contributed by atoms with Crippen LogP contribution in [0.5, 0.6) is 11.5 Å². The van der Waals surface area contributed by atoms with Crippen LogP contribution in [0.25, 0.3) is 0 Å². The summed E-state index contributed by atoms with van der Waals surface area (Å²) in [5.74, 6) is 1.53. The van der Waals surface area contributed by atoms with Crippen LogP contribution in [0.15, 0.2) is 78.9 Å². The summed E-state index contributed by atoms with van der Waals surface area (Å²) >= 11 is 0. The van der Waals surface area contributed by atoms with Gasteiger partial charge in [-0.15, -0.1) is 0 Å². The molecular weight excluding hydrogens is 434 g/mol. The molecule has 0 bridgehead atoms. The number of hydrogen-bond acceptors (Lipinski definition) is 3. The summed E-state index contributed by atoms with van der Waals surface area (Å²) in [5, 5.41) is 3.18. The highest BCUT2D eigenvalue weighted by molar-refractivity contribution is 5.77. The molecule has 1 amide bonds. The number of nitrogens with one attached hydrogen (secondary N) is 1. The number of rotatable bonds is 12. The second kappa shape index (κ2) is 12.4. The molecule has 0 heterocycles. The summed E-state index contributed by atoms with van der Waals surface area (Å²) in [7, 11) is 1.67. The van der Waals surface area contributed by atoms with Gasteiger partial charge in [-0.3, -0.25) is 4.79 Å². The smallest absolute Gasteiger partial charge is 0.220 e. The van der Waals surface area contributed by atoms with Gasteiger partial charge in [0, 0.05) is 24.4 Å². The molecule has 0 aliphatic rings. The molecule has 0 radical (unpaired) electrons. The fourth-order valence-electron chi connectivity index (χ4n) is 4.51. The first-order valence-electron chi connectivity index (χ1n) is 12.6. The molecule has 4 heteroatoms. The lowest BCUT2D eigenvalue weighted by atomic mass is 9.77. The maximum Gasteiger partial charge on any atom is 0.220 e. The number of para-hydroxylation sites is 1. The fourth-order valence-corrected chi connectivity index (χ4v) is 4.51. The lowest BCUT2D eigenvalue weighted by Gasteiger charge is -2.29. The molecule has 35 heavy (non-hydrogen) atoms. The molecule has 0 unspecified atom stereocenters. The highest BCUT2D eigenvalue weighted by Crippen LogP contribution is 2.35. The van der Waals surface area contributed by atoms with Gasteiger partial charge in [-0.05, 0) is 61.4 Å². The van der Waals surface area contributed by atoms with E-state index in [1.54, 1.807) is 7.11 Å². The van der Waals surface area contributed by atoms with Gasteiger partial charge in [0.15, 0.2) is 0 Å². The van der Waals surface area contributed by atoms with Gasteiger partial charge in [0.25, 0.3) is 0 Å². The Morgan fingerprint density at radius 3 is 2.23 bits per heavy atom. The largest absolute Gasteiger partial charge is 0.496 e. The zero-order valence-corrected chi connectivity index (χ0v) is 21.7.